The molecule has 0 radical (unpaired) electrons. The maximum absolute atomic E-state index is 10.9. The van der Waals surface area contributed by atoms with Crippen LogP contribution in [-0.4, -0.2) is 35.5 Å². The zero-order chi connectivity index (χ0) is 17.5. The number of hydrogen-bond acceptors (Lipinski definition) is 4. The van der Waals surface area contributed by atoms with E-state index in [4.69, 9.17) is 10.5 Å². The summed E-state index contributed by atoms with van der Waals surface area (Å²) in [6, 6.07) is 12.2. The van der Waals surface area contributed by atoms with Gasteiger partial charge < -0.3 is 10.5 Å². The molecule has 0 aliphatic carbocycles. The lowest BCUT2D eigenvalue weighted by Gasteiger charge is -2.25. The number of likely N-dealkylation sites (N-methyl/N-ethyl adjacent to an activating group) is 1. The van der Waals surface area contributed by atoms with E-state index >= 15 is 0 Å². The van der Waals surface area contributed by atoms with E-state index in [0.29, 0.717) is 11.8 Å². The quantitative estimate of drug-likeness (QED) is 0.808. The molecule has 2 N–H and O–H groups in total. The van der Waals surface area contributed by atoms with Gasteiger partial charge in [0.25, 0.3) is 5.91 Å². The lowest BCUT2D eigenvalue weighted by Crippen LogP contribution is -2.31. The van der Waals surface area contributed by atoms with Crippen molar-refractivity contribution >= 4 is 5.91 Å². The van der Waals surface area contributed by atoms with Crippen molar-refractivity contribution in [2.45, 2.75) is 32.9 Å². The molecule has 1 heterocycles. The maximum atomic E-state index is 10.9. The summed E-state index contributed by atoms with van der Waals surface area (Å²) in [6.07, 6.45) is 2.73. The first-order valence-corrected chi connectivity index (χ1v) is 8.06. The molecular formula is C19H25N3O2. The highest BCUT2D eigenvalue weighted by Gasteiger charge is 2.14. The number of aromatic nitrogens is 1. The van der Waals surface area contributed by atoms with E-state index in [0.717, 1.165) is 24.2 Å². The second-order valence-electron chi connectivity index (χ2n) is 6.16. The van der Waals surface area contributed by atoms with Gasteiger partial charge in [0.15, 0.2) is 6.61 Å². The van der Waals surface area contributed by atoms with E-state index in [9.17, 15) is 4.79 Å². The second kappa shape index (κ2) is 8.45. The van der Waals surface area contributed by atoms with Crippen LogP contribution in [0.1, 0.15) is 23.7 Å². The first-order valence-electron chi connectivity index (χ1n) is 8.06. The predicted molar refractivity (Wildman–Crippen MR) is 94.7 cm³/mol. The number of ether oxygens (including phenoxy) is 1. The molecule has 24 heavy (non-hydrogen) atoms. The third-order valence-corrected chi connectivity index (χ3v) is 3.99. The molecule has 0 saturated heterocycles. The normalized spacial score (nSPS) is 12.2. The molecule has 5 nitrogen and oxygen atoms in total. The van der Waals surface area contributed by atoms with E-state index in [1.807, 2.05) is 36.5 Å². The molecule has 0 fully saturated rings. The Morgan fingerprint density at radius 1 is 1.33 bits per heavy atom. The minimum Gasteiger partial charge on any atom is -0.483 e. The zero-order valence-corrected chi connectivity index (χ0v) is 14.5. The minimum atomic E-state index is -0.475. The molecule has 0 aliphatic heterocycles. The van der Waals surface area contributed by atoms with Crippen LogP contribution in [-0.2, 0) is 17.8 Å². The van der Waals surface area contributed by atoms with E-state index in [1.54, 1.807) is 0 Å². The highest BCUT2D eigenvalue weighted by molar-refractivity contribution is 5.75. The number of benzene rings is 1. The number of nitrogens with two attached hydrogens (primary N) is 1. The second-order valence-corrected chi connectivity index (χ2v) is 6.16. The number of carbonyl (C=O) groups excluding carboxylic acids is 1. The van der Waals surface area contributed by atoms with Gasteiger partial charge in [-0.3, -0.25) is 14.7 Å². The Balaban J connectivity index is 2.00. The summed E-state index contributed by atoms with van der Waals surface area (Å²) in [5.41, 5.74) is 8.50. The summed E-state index contributed by atoms with van der Waals surface area (Å²) < 4.78 is 5.50. The van der Waals surface area contributed by atoms with E-state index < -0.39 is 5.91 Å². The van der Waals surface area contributed by atoms with Gasteiger partial charge >= 0.3 is 0 Å². The lowest BCUT2D eigenvalue weighted by molar-refractivity contribution is -0.119. The Labute approximate surface area is 143 Å². The summed E-state index contributed by atoms with van der Waals surface area (Å²) in [4.78, 5) is 17.6. The van der Waals surface area contributed by atoms with Crippen molar-refractivity contribution in [3.8, 4) is 5.75 Å². The Bertz CT molecular complexity index is 688. The zero-order valence-electron chi connectivity index (χ0n) is 14.5. The van der Waals surface area contributed by atoms with Gasteiger partial charge in [-0.15, -0.1) is 0 Å². The van der Waals surface area contributed by atoms with E-state index in [2.05, 4.69) is 36.8 Å². The van der Waals surface area contributed by atoms with Gasteiger partial charge in [-0.2, -0.15) is 0 Å². The Morgan fingerprint density at radius 2 is 2.08 bits per heavy atom. The molecule has 0 aliphatic rings. The lowest BCUT2D eigenvalue weighted by atomic mass is 10.1. The van der Waals surface area contributed by atoms with Gasteiger partial charge in [0.1, 0.15) is 5.75 Å². The topological polar surface area (TPSA) is 68.5 Å². The highest BCUT2D eigenvalue weighted by atomic mass is 16.5. The number of aryl methyl sites for hydroxylation is 1. The van der Waals surface area contributed by atoms with Crippen molar-refractivity contribution in [3.63, 3.8) is 0 Å². The van der Waals surface area contributed by atoms with Crippen LogP contribution in [0, 0.1) is 6.92 Å². The fraction of sp³-hybridized carbons (Fsp3) is 0.368. The summed E-state index contributed by atoms with van der Waals surface area (Å²) in [7, 11) is 2.07. The molecule has 0 bridgehead atoms. The summed E-state index contributed by atoms with van der Waals surface area (Å²) >= 11 is 0. The van der Waals surface area contributed by atoms with Crippen LogP contribution in [0.3, 0.4) is 0 Å². The predicted octanol–water partition coefficient (Wildman–Crippen LogP) is 2.32. The fourth-order valence-electron chi connectivity index (χ4n) is 2.52. The molecule has 0 spiro atoms. The van der Waals surface area contributed by atoms with Gasteiger partial charge in [0.05, 0.1) is 0 Å². The number of para-hydroxylation sites is 1. The third-order valence-electron chi connectivity index (χ3n) is 3.99. The SMILES string of the molecule is Cc1ccnc(CC(C)N(C)Cc2ccccc2OCC(N)=O)c1. The number of nitrogens with zero attached hydrogens (tertiary/aromatic N) is 2. The minimum absolute atomic E-state index is 0.108. The number of amides is 1. The van der Waals surface area contributed by atoms with Crippen molar-refractivity contribution in [1.82, 2.24) is 9.88 Å². The third kappa shape index (κ3) is 5.35. The smallest absolute Gasteiger partial charge is 0.255 e. The molecule has 1 amide bonds. The average Bonchev–Trinajstić information content (AvgIpc) is 2.54. The molecule has 5 heteroatoms. The fourth-order valence-corrected chi connectivity index (χ4v) is 2.52. The van der Waals surface area contributed by atoms with E-state index in [1.165, 1.54) is 5.56 Å². The van der Waals surface area contributed by atoms with Crippen molar-refractivity contribution in [1.29, 1.82) is 0 Å². The first-order chi connectivity index (χ1) is 11.5. The van der Waals surface area contributed by atoms with Gasteiger partial charge in [-0.05, 0) is 44.7 Å². The molecule has 128 valence electrons. The van der Waals surface area contributed by atoms with Crippen molar-refractivity contribution in [2.24, 2.45) is 5.73 Å². The number of rotatable bonds is 8. The standard InChI is InChI=1S/C19H25N3O2/c1-14-8-9-21-17(10-14)11-15(2)22(3)12-16-6-4-5-7-18(16)24-13-19(20)23/h4-10,15H,11-13H2,1-3H3,(H2,20,23). The Kier molecular flexibility index (Phi) is 6.32. The average molecular weight is 327 g/mol. The van der Waals surface area contributed by atoms with Crippen molar-refractivity contribution < 1.29 is 9.53 Å². The highest BCUT2D eigenvalue weighted by Crippen LogP contribution is 2.20. The summed E-state index contributed by atoms with van der Waals surface area (Å²) in [5.74, 6) is 0.223. The molecule has 0 saturated carbocycles. The van der Waals surface area contributed by atoms with E-state index in [-0.39, 0.29) is 6.61 Å². The molecule has 2 aromatic rings. The van der Waals surface area contributed by atoms with Crippen LogP contribution >= 0.6 is 0 Å². The number of hydrogen-bond donors (Lipinski definition) is 1. The molecule has 1 aromatic carbocycles. The van der Waals surface area contributed by atoms with Crippen LogP contribution < -0.4 is 10.5 Å². The molecule has 1 atom stereocenters. The van der Waals surface area contributed by atoms with Crippen LogP contribution in [0.25, 0.3) is 0 Å². The van der Waals surface area contributed by atoms with Gasteiger partial charge in [-0.25, -0.2) is 0 Å². The number of carbonyl (C=O) groups is 1. The van der Waals surface area contributed by atoms with Crippen LogP contribution in [0.5, 0.6) is 5.75 Å². The molecular weight excluding hydrogens is 302 g/mol. The Hall–Kier alpha value is -2.40. The maximum Gasteiger partial charge on any atom is 0.255 e. The molecule has 2 rings (SSSR count). The van der Waals surface area contributed by atoms with Crippen LogP contribution in [0.15, 0.2) is 42.6 Å². The first kappa shape index (κ1) is 17.9. The molecule has 1 aromatic heterocycles. The summed E-state index contributed by atoms with van der Waals surface area (Å²) in [5, 5.41) is 0. The van der Waals surface area contributed by atoms with Crippen LogP contribution in [0.4, 0.5) is 0 Å². The van der Waals surface area contributed by atoms with Crippen LogP contribution in [0.2, 0.25) is 0 Å². The van der Waals surface area contributed by atoms with Crippen molar-refractivity contribution in [2.75, 3.05) is 13.7 Å². The largest absolute Gasteiger partial charge is 0.483 e. The molecule has 1 unspecified atom stereocenters. The van der Waals surface area contributed by atoms with Gasteiger partial charge in [0, 0.05) is 36.5 Å². The Morgan fingerprint density at radius 3 is 2.79 bits per heavy atom. The summed E-state index contributed by atoms with van der Waals surface area (Å²) in [6.45, 7) is 4.87. The van der Waals surface area contributed by atoms with Gasteiger partial charge in [-0.1, -0.05) is 18.2 Å². The number of pyridine rings is 1. The monoisotopic (exact) mass is 327 g/mol. The number of primary amides is 1. The van der Waals surface area contributed by atoms with Gasteiger partial charge in [0.2, 0.25) is 0 Å². The van der Waals surface area contributed by atoms with Crippen molar-refractivity contribution in [3.05, 3.63) is 59.4 Å².